The topological polar surface area (TPSA) is 87.7 Å². The molecule has 0 amide bonds. The maximum atomic E-state index is 11.8. The van der Waals surface area contributed by atoms with Crippen molar-refractivity contribution in [2.75, 3.05) is 33.4 Å². The highest BCUT2D eigenvalue weighted by Gasteiger charge is 2.17. The summed E-state index contributed by atoms with van der Waals surface area (Å²) < 4.78 is 10.2. The molecule has 7 nitrogen and oxygen atoms in total. The molecule has 7 heteroatoms. The lowest BCUT2D eigenvalue weighted by Gasteiger charge is -2.26. The van der Waals surface area contributed by atoms with Crippen LogP contribution in [0.15, 0.2) is 36.5 Å². The average Bonchev–Trinajstić information content (AvgIpc) is 3.03. The number of H-pyrrole nitrogens is 1. The first-order chi connectivity index (χ1) is 13.2. The van der Waals surface area contributed by atoms with E-state index in [9.17, 15) is 9.90 Å². The van der Waals surface area contributed by atoms with E-state index < -0.39 is 5.97 Å². The molecule has 1 aliphatic heterocycles. The molecule has 1 aromatic carbocycles. The van der Waals surface area contributed by atoms with Gasteiger partial charge >= 0.3 is 5.97 Å². The lowest BCUT2D eigenvalue weighted by molar-refractivity contribution is 0.0341. The summed E-state index contributed by atoms with van der Waals surface area (Å²) in [6.45, 7) is 4.18. The number of nitrogens with one attached hydrogen (secondary N) is 1. The fraction of sp³-hybridized carbons (Fsp3) is 0.300. The van der Waals surface area contributed by atoms with Crippen molar-refractivity contribution in [3.05, 3.63) is 47.7 Å². The summed E-state index contributed by atoms with van der Waals surface area (Å²) in [6, 6.07) is 9.02. The number of ether oxygens (including phenoxy) is 2. The molecule has 3 heterocycles. The molecule has 2 aromatic heterocycles. The van der Waals surface area contributed by atoms with Crippen molar-refractivity contribution in [2.24, 2.45) is 0 Å². The van der Waals surface area contributed by atoms with Gasteiger partial charge in [0, 0.05) is 36.7 Å². The molecule has 0 atom stereocenters. The molecule has 0 unspecified atom stereocenters. The number of fused-ring (bicyclic) bond motifs is 1. The maximum Gasteiger partial charge on any atom is 0.337 e. The van der Waals surface area contributed by atoms with E-state index in [1.54, 1.807) is 18.2 Å². The lowest BCUT2D eigenvalue weighted by Crippen LogP contribution is -2.35. The predicted molar refractivity (Wildman–Crippen MR) is 101 cm³/mol. The fourth-order valence-corrected chi connectivity index (χ4v) is 3.37. The number of pyridine rings is 1. The quantitative estimate of drug-likeness (QED) is 0.689. The van der Waals surface area contributed by atoms with E-state index >= 15 is 0 Å². The van der Waals surface area contributed by atoms with Gasteiger partial charge in [0.2, 0.25) is 0 Å². The maximum absolute atomic E-state index is 11.8. The molecule has 1 aliphatic rings. The number of morpholine rings is 1. The highest BCUT2D eigenvalue weighted by molar-refractivity contribution is 6.02. The Bertz CT molecular complexity index is 959. The van der Waals surface area contributed by atoms with E-state index in [1.807, 2.05) is 18.3 Å². The average molecular weight is 367 g/mol. The molecule has 4 rings (SSSR count). The summed E-state index contributed by atoms with van der Waals surface area (Å²) in [5.41, 5.74) is 3.49. The van der Waals surface area contributed by atoms with Crippen LogP contribution in [0.25, 0.3) is 22.2 Å². The molecule has 0 saturated carbocycles. The second-order valence-electron chi connectivity index (χ2n) is 6.54. The number of aromatic nitrogens is 2. The van der Waals surface area contributed by atoms with Gasteiger partial charge in [0.15, 0.2) is 5.88 Å². The zero-order chi connectivity index (χ0) is 18.8. The lowest BCUT2D eigenvalue weighted by atomic mass is 10.1. The largest absolute Gasteiger partial charge is 0.494 e. The van der Waals surface area contributed by atoms with Crippen LogP contribution in [-0.4, -0.2) is 59.4 Å². The number of carbonyl (C=O) groups excluding carboxylic acids is 1. The first kappa shape index (κ1) is 17.5. The molecule has 27 heavy (non-hydrogen) atoms. The van der Waals surface area contributed by atoms with Gasteiger partial charge in [-0.05, 0) is 29.8 Å². The van der Waals surface area contributed by atoms with Crippen molar-refractivity contribution in [3.63, 3.8) is 0 Å². The Morgan fingerprint density at radius 2 is 2.11 bits per heavy atom. The van der Waals surface area contributed by atoms with E-state index in [1.165, 1.54) is 7.11 Å². The predicted octanol–water partition coefficient (Wildman–Crippen LogP) is 2.55. The van der Waals surface area contributed by atoms with Crippen molar-refractivity contribution >= 4 is 16.9 Å². The van der Waals surface area contributed by atoms with Crippen LogP contribution in [0.4, 0.5) is 0 Å². The highest BCUT2D eigenvalue weighted by atomic mass is 16.5. The van der Waals surface area contributed by atoms with Crippen LogP contribution in [0.1, 0.15) is 15.9 Å². The standard InChI is InChI=1S/C20H21N3O4/c1-26-20(25)14-3-5-16-15(10-14)18(19(24)22-16)17-4-2-13(11-21-17)12-23-6-8-27-9-7-23/h2-5,10-11,22,24H,6-9,12H2,1H3. The van der Waals surface area contributed by atoms with Gasteiger partial charge in [0.05, 0.1) is 37.1 Å². The molecule has 2 N–H and O–H groups in total. The highest BCUT2D eigenvalue weighted by Crippen LogP contribution is 2.36. The fourth-order valence-electron chi connectivity index (χ4n) is 3.37. The number of aromatic hydroxyl groups is 1. The number of nitrogens with zero attached hydrogens (tertiary/aromatic N) is 2. The number of hydrogen-bond donors (Lipinski definition) is 2. The van der Waals surface area contributed by atoms with Gasteiger partial charge in [-0.25, -0.2) is 4.79 Å². The van der Waals surface area contributed by atoms with Gasteiger partial charge < -0.3 is 19.6 Å². The minimum Gasteiger partial charge on any atom is -0.494 e. The summed E-state index contributed by atoms with van der Waals surface area (Å²) >= 11 is 0. The van der Waals surface area contributed by atoms with Crippen molar-refractivity contribution in [1.82, 2.24) is 14.9 Å². The van der Waals surface area contributed by atoms with Gasteiger partial charge in [-0.15, -0.1) is 0 Å². The summed E-state index contributed by atoms with van der Waals surface area (Å²) in [5.74, 6) is -0.391. The first-order valence-corrected chi connectivity index (χ1v) is 8.84. The molecule has 0 radical (unpaired) electrons. The van der Waals surface area contributed by atoms with Crippen molar-refractivity contribution in [3.8, 4) is 17.1 Å². The Kier molecular flexibility index (Phi) is 4.79. The van der Waals surface area contributed by atoms with Crippen molar-refractivity contribution in [2.45, 2.75) is 6.54 Å². The van der Waals surface area contributed by atoms with E-state index in [2.05, 4.69) is 14.9 Å². The number of rotatable bonds is 4. The summed E-state index contributed by atoms with van der Waals surface area (Å²) in [5, 5.41) is 11.1. The summed E-state index contributed by atoms with van der Waals surface area (Å²) in [6.07, 6.45) is 1.83. The Hall–Kier alpha value is -2.90. The normalized spacial score (nSPS) is 15.1. The second-order valence-corrected chi connectivity index (χ2v) is 6.54. The van der Waals surface area contributed by atoms with Crippen LogP contribution in [0, 0.1) is 0 Å². The minimum absolute atomic E-state index is 0.0282. The van der Waals surface area contributed by atoms with Crippen LogP contribution >= 0.6 is 0 Å². The van der Waals surface area contributed by atoms with Crippen molar-refractivity contribution < 1.29 is 19.4 Å². The third kappa shape index (κ3) is 3.51. The first-order valence-electron chi connectivity index (χ1n) is 8.84. The van der Waals surface area contributed by atoms with E-state index in [0.29, 0.717) is 16.8 Å². The Morgan fingerprint density at radius 3 is 2.81 bits per heavy atom. The number of esters is 1. The zero-order valence-electron chi connectivity index (χ0n) is 15.1. The number of aromatic amines is 1. The van der Waals surface area contributed by atoms with Crippen LogP contribution in [0.5, 0.6) is 5.88 Å². The summed E-state index contributed by atoms with van der Waals surface area (Å²) in [4.78, 5) is 21.6. The molecule has 0 spiro atoms. The Balaban J connectivity index is 1.64. The number of benzene rings is 1. The van der Waals surface area contributed by atoms with E-state index in [4.69, 9.17) is 9.47 Å². The number of hydrogen-bond acceptors (Lipinski definition) is 6. The van der Waals surface area contributed by atoms with Crippen LogP contribution in [-0.2, 0) is 16.0 Å². The molecule has 0 aliphatic carbocycles. The van der Waals surface area contributed by atoms with Gasteiger partial charge in [-0.1, -0.05) is 6.07 Å². The van der Waals surface area contributed by atoms with E-state index in [0.717, 1.165) is 49.3 Å². The number of methoxy groups -OCH3 is 1. The zero-order valence-corrected chi connectivity index (χ0v) is 15.1. The third-order valence-electron chi connectivity index (χ3n) is 4.79. The molecule has 3 aromatic rings. The molecule has 140 valence electrons. The molecular weight excluding hydrogens is 346 g/mol. The Labute approximate surface area is 156 Å². The van der Waals surface area contributed by atoms with Crippen LogP contribution in [0.2, 0.25) is 0 Å². The monoisotopic (exact) mass is 367 g/mol. The summed E-state index contributed by atoms with van der Waals surface area (Å²) in [7, 11) is 1.34. The molecule has 1 saturated heterocycles. The molecule has 0 bridgehead atoms. The Morgan fingerprint density at radius 1 is 1.30 bits per heavy atom. The molecular formula is C20H21N3O4. The van der Waals surface area contributed by atoms with Gasteiger partial charge in [-0.3, -0.25) is 9.88 Å². The third-order valence-corrected chi connectivity index (χ3v) is 4.79. The van der Waals surface area contributed by atoms with Crippen LogP contribution < -0.4 is 0 Å². The minimum atomic E-state index is -0.419. The molecule has 1 fully saturated rings. The van der Waals surface area contributed by atoms with Crippen molar-refractivity contribution in [1.29, 1.82) is 0 Å². The number of carbonyl (C=O) groups is 1. The van der Waals surface area contributed by atoms with Gasteiger partial charge in [-0.2, -0.15) is 0 Å². The smallest absolute Gasteiger partial charge is 0.337 e. The van der Waals surface area contributed by atoms with Gasteiger partial charge in [0.25, 0.3) is 0 Å². The van der Waals surface area contributed by atoms with E-state index in [-0.39, 0.29) is 5.88 Å². The second kappa shape index (κ2) is 7.38. The SMILES string of the molecule is COC(=O)c1ccc2[nH]c(O)c(-c3ccc(CN4CCOCC4)cn3)c2c1. The van der Waals surface area contributed by atoms with Gasteiger partial charge in [0.1, 0.15) is 0 Å². The van der Waals surface area contributed by atoms with Crippen LogP contribution in [0.3, 0.4) is 0 Å².